The molecular weight excluding hydrogens is 449 g/mol. The number of ether oxygens (including phenoxy) is 2. The van der Waals surface area contributed by atoms with Crippen LogP contribution in [0.5, 0.6) is 5.75 Å². The number of aromatic nitrogens is 2. The molecule has 0 aliphatic rings. The average Bonchev–Trinajstić information content (AvgIpc) is 2.49. The van der Waals surface area contributed by atoms with Crippen LogP contribution in [0.2, 0.25) is 0 Å². The molecule has 0 saturated carbocycles. The number of anilines is 1. The summed E-state index contributed by atoms with van der Waals surface area (Å²) in [5, 5.41) is 3.09. The summed E-state index contributed by atoms with van der Waals surface area (Å²) in [4.78, 5) is 9.15. The maximum atomic E-state index is 5.24. The molecule has 0 atom stereocenters. The first-order valence-electron chi connectivity index (χ1n) is 6.17. The Kier molecular flexibility index (Phi) is 5.77. The largest absolute Gasteiger partial charge is 0.496 e. The van der Waals surface area contributed by atoms with E-state index in [1.54, 1.807) is 14.2 Å². The van der Waals surface area contributed by atoms with Crippen molar-refractivity contribution in [3.05, 3.63) is 31.9 Å². The van der Waals surface area contributed by atoms with Gasteiger partial charge in [0.25, 0.3) is 0 Å². The lowest BCUT2D eigenvalue weighted by molar-refractivity contribution is 0.181. The molecule has 0 amide bonds. The van der Waals surface area contributed by atoms with Gasteiger partial charge in [0.15, 0.2) is 5.82 Å². The molecule has 5 nitrogen and oxygen atoms in total. The molecule has 0 fully saturated rings. The van der Waals surface area contributed by atoms with Crippen LogP contribution in [0.15, 0.2) is 22.7 Å². The van der Waals surface area contributed by atoms with Gasteiger partial charge in [-0.2, -0.15) is 0 Å². The Morgan fingerprint density at radius 2 is 2.05 bits per heavy atom. The lowest BCUT2D eigenvalue weighted by atomic mass is 10.2. The smallest absolute Gasteiger partial charge is 0.161 e. The molecule has 1 aromatic heterocycles. The third-order valence-electron chi connectivity index (χ3n) is 2.85. The summed E-state index contributed by atoms with van der Waals surface area (Å²) < 4.78 is 12.3. The van der Waals surface area contributed by atoms with Crippen molar-refractivity contribution in [3.63, 3.8) is 0 Å². The van der Waals surface area contributed by atoms with E-state index < -0.39 is 0 Å². The van der Waals surface area contributed by atoms with Gasteiger partial charge in [-0.15, -0.1) is 0 Å². The van der Waals surface area contributed by atoms with Gasteiger partial charge in [0, 0.05) is 19.7 Å². The van der Waals surface area contributed by atoms with E-state index in [2.05, 4.69) is 53.8 Å². The molecule has 0 saturated heterocycles. The summed E-state index contributed by atoms with van der Waals surface area (Å²) in [7, 11) is 5.13. The van der Waals surface area contributed by atoms with Gasteiger partial charge in [-0.3, -0.25) is 0 Å². The maximum Gasteiger partial charge on any atom is 0.161 e. The second kappa shape index (κ2) is 7.37. The van der Waals surface area contributed by atoms with Crippen molar-refractivity contribution >= 4 is 44.3 Å². The number of nitrogens with one attached hydrogen (secondary N) is 1. The van der Waals surface area contributed by atoms with Gasteiger partial charge in [0.05, 0.1) is 27.5 Å². The Balaban J connectivity index is 2.52. The minimum absolute atomic E-state index is 0.444. The van der Waals surface area contributed by atoms with E-state index in [-0.39, 0.29) is 0 Å². The second-order valence-electron chi connectivity index (χ2n) is 4.19. The fraction of sp³-hybridized carbons (Fsp3) is 0.286. The van der Waals surface area contributed by atoms with E-state index in [4.69, 9.17) is 9.47 Å². The summed E-state index contributed by atoms with van der Waals surface area (Å²) in [6, 6.07) is 5.76. The van der Waals surface area contributed by atoms with Crippen molar-refractivity contribution < 1.29 is 9.47 Å². The standard InChI is InChI=1S/C14H15BrIN3O2/c1-17-14-12(16)10(7-20-2)18-13(19-14)8-4-5-11(21-3)9(15)6-8/h4-6H,7H2,1-3H3,(H,17,18,19). The SMILES string of the molecule is CNc1nc(-c2ccc(OC)c(Br)c2)nc(COC)c1I. The molecule has 0 bridgehead atoms. The molecule has 2 aromatic rings. The number of benzene rings is 1. The summed E-state index contributed by atoms with van der Waals surface area (Å²) in [5.41, 5.74) is 1.77. The summed E-state index contributed by atoms with van der Waals surface area (Å²) in [6.07, 6.45) is 0. The monoisotopic (exact) mass is 463 g/mol. The fourth-order valence-electron chi connectivity index (χ4n) is 1.83. The molecule has 2 rings (SSSR count). The third-order valence-corrected chi connectivity index (χ3v) is 4.60. The predicted octanol–water partition coefficient (Wildman–Crippen LogP) is 3.71. The molecule has 0 radical (unpaired) electrons. The van der Waals surface area contributed by atoms with E-state index in [1.165, 1.54) is 0 Å². The van der Waals surface area contributed by atoms with E-state index in [9.17, 15) is 0 Å². The highest BCUT2D eigenvalue weighted by Gasteiger charge is 2.13. The van der Waals surface area contributed by atoms with Crippen LogP contribution in [-0.4, -0.2) is 31.2 Å². The molecule has 1 aromatic carbocycles. The van der Waals surface area contributed by atoms with Gasteiger partial charge in [0.1, 0.15) is 11.6 Å². The van der Waals surface area contributed by atoms with Crippen molar-refractivity contribution in [2.75, 3.05) is 26.6 Å². The number of rotatable bonds is 5. The Morgan fingerprint density at radius 1 is 1.29 bits per heavy atom. The summed E-state index contributed by atoms with van der Waals surface area (Å²) in [6.45, 7) is 0.444. The molecule has 7 heteroatoms. The van der Waals surface area contributed by atoms with Crippen molar-refractivity contribution in [2.24, 2.45) is 0 Å². The zero-order chi connectivity index (χ0) is 15.4. The Labute approximate surface area is 145 Å². The lowest BCUT2D eigenvalue weighted by Gasteiger charge is -2.11. The summed E-state index contributed by atoms with van der Waals surface area (Å²) >= 11 is 5.70. The average molecular weight is 464 g/mol. The number of hydrogen-bond donors (Lipinski definition) is 1. The fourth-order valence-corrected chi connectivity index (χ4v) is 3.03. The number of hydrogen-bond acceptors (Lipinski definition) is 5. The van der Waals surface area contributed by atoms with Crippen molar-refractivity contribution in [1.29, 1.82) is 0 Å². The zero-order valence-corrected chi connectivity index (χ0v) is 15.6. The summed E-state index contributed by atoms with van der Waals surface area (Å²) in [5.74, 6) is 2.21. The minimum Gasteiger partial charge on any atom is -0.496 e. The van der Waals surface area contributed by atoms with E-state index >= 15 is 0 Å². The van der Waals surface area contributed by atoms with Crippen LogP contribution < -0.4 is 10.1 Å². The third kappa shape index (κ3) is 3.64. The van der Waals surface area contributed by atoms with Crippen LogP contribution in [0.1, 0.15) is 5.69 Å². The first kappa shape index (κ1) is 16.4. The number of halogens is 2. The van der Waals surface area contributed by atoms with Crippen LogP contribution in [0.25, 0.3) is 11.4 Å². The first-order valence-corrected chi connectivity index (χ1v) is 8.05. The van der Waals surface area contributed by atoms with E-state index in [1.807, 2.05) is 25.2 Å². The van der Waals surface area contributed by atoms with Crippen LogP contribution >= 0.6 is 38.5 Å². The van der Waals surface area contributed by atoms with Crippen LogP contribution in [-0.2, 0) is 11.3 Å². The number of methoxy groups -OCH3 is 2. The van der Waals surface area contributed by atoms with Gasteiger partial charge in [-0.25, -0.2) is 9.97 Å². The van der Waals surface area contributed by atoms with Crippen LogP contribution in [0.3, 0.4) is 0 Å². The van der Waals surface area contributed by atoms with Gasteiger partial charge in [-0.05, 0) is 56.7 Å². The van der Waals surface area contributed by atoms with Gasteiger partial charge in [0.2, 0.25) is 0 Å². The minimum atomic E-state index is 0.444. The Morgan fingerprint density at radius 3 is 2.62 bits per heavy atom. The Hall–Kier alpha value is -0.930. The van der Waals surface area contributed by atoms with E-state index in [0.717, 1.165) is 30.9 Å². The molecule has 0 unspecified atom stereocenters. The van der Waals surface area contributed by atoms with Gasteiger partial charge in [-0.1, -0.05) is 0 Å². The van der Waals surface area contributed by atoms with E-state index in [0.29, 0.717) is 12.4 Å². The second-order valence-corrected chi connectivity index (χ2v) is 6.12. The molecule has 0 aliphatic heterocycles. The highest BCUT2D eigenvalue weighted by molar-refractivity contribution is 14.1. The van der Waals surface area contributed by atoms with Crippen molar-refractivity contribution in [2.45, 2.75) is 6.61 Å². The number of nitrogens with zero attached hydrogens (tertiary/aromatic N) is 2. The normalized spacial score (nSPS) is 10.5. The molecule has 112 valence electrons. The Bertz CT molecular complexity index is 652. The van der Waals surface area contributed by atoms with Crippen LogP contribution in [0, 0.1) is 3.57 Å². The van der Waals surface area contributed by atoms with Crippen molar-refractivity contribution in [1.82, 2.24) is 9.97 Å². The van der Waals surface area contributed by atoms with Crippen LogP contribution in [0.4, 0.5) is 5.82 Å². The zero-order valence-electron chi connectivity index (χ0n) is 11.9. The molecule has 0 aliphatic carbocycles. The molecule has 0 spiro atoms. The topological polar surface area (TPSA) is 56.3 Å². The highest BCUT2D eigenvalue weighted by Crippen LogP contribution is 2.30. The predicted molar refractivity (Wildman–Crippen MR) is 94.7 cm³/mol. The highest BCUT2D eigenvalue weighted by atomic mass is 127. The molecule has 1 N–H and O–H groups in total. The van der Waals surface area contributed by atoms with Crippen molar-refractivity contribution in [3.8, 4) is 17.1 Å². The molecule has 21 heavy (non-hydrogen) atoms. The molecular formula is C14H15BrIN3O2. The molecule has 1 heterocycles. The lowest BCUT2D eigenvalue weighted by Crippen LogP contribution is -2.06. The van der Waals surface area contributed by atoms with Gasteiger partial charge < -0.3 is 14.8 Å². The quantitative estimate of drug-likeness (QED) is 0.685. The first-order chi connectivity index (χ1) is 10.1. The van der Waals surface area contributed by atoms with Gasteiger partial charge >= 0.3 is 0 Å². The maximum absolute atomic E-state index is 5.24.